The number of benzene rings is 10. The van der Waals surface area contributed by atoms with E-state index in [-0.39, 0.29) is 0 Å². The number of aromatic nitrogens is 3. The van der Waals surface area contributed by atoms with Gasteiger partial charge >= 0.3 is 0 Å². The van der Waals surface area contributed by atoms with Crippen LogP contribution in [0.3, 0.4) is 0 Å². The minimum Gasteiger partial charge on any atom is -0.309 e. The molecule has 0 saturated carbocycles. The first-order chi connectivity index (χ1) is 32.2. The minimum absolute atomic E-state index is 1.01. The Labute approximate surface area is 378 Å². The van der Waals surface area contributed by atoms with E-state index in [9.17, 15) is 0 Å². The third kappa shape index (κ3) is 5.58. The van der Waals surface area contributed by atoms with Crippen LogP contribution < -0.4 is 0 Å². The fourth-order valence-electron chi connectivity index (χ4n) is 10.4. The first kappa shape index (κ1) is 36.2. The molecule has 10 aromatic carbocycles. The normalized spacial score (nSPS) is 12.0. The highest BCUT2D eigenvalue weighted by Gasteiger charge is 2.19. The first-order valence-corrected chi connectivity index (χ1v) is 23.0. The Morgan fingerprint density at radius 1 is 0.354 bits per heavy atom. The predicted molar refractivity (Wildman–Crippen MR) is 277 cm³/mol. The summed E-state index contributed by atoms with van der Waals surface area (Å²) in [5, 5.41) is 10.1. The van der Waals surface area contributed by atoms with Gasteiger partial charge in [0, 0.05) is 31.9 Å². The van der Waals surface area contributed by atoms with Crippen LogP contribution in [0.5, 0.6) is 0 Å². The van der Waals surface area contributed by atoms with Gasteiger partial charge in [0.15, 0.2) is 5.65 Å². The maximum absolute atomic E-state index is 5.25. The second-order valence-electron chi connectivity index (χ2n) is 17.1. The van der Waals surface area contributed by atoms with Gasteiger partial charge in [0.1, 0.15) is 0 Å². The van der Waals surface area contributed by atoms with Crippen LogP contribution in [0.25, 0.3) is 131 Å². The molecule has 4 heteroatoms. The number of hydrogen-bond donors (Lipinski definition) is 0. The van der Waals surface area contributed by atoms with Crippen LogP contribution in [-0.2, 0) is 0 Å². The van der Waals surface area contributed by atoms with Gasteiger partial charge in [0.2, 0.25) is 0 Å². The SMILES string of the molecule is c1ccc(-n2c3ccccc3c3ccc(-c4ccc(-c5ccc(-c6ccc(-c7cc8c9cc%10ccccc%10cc9sc8c8nc9ccccc9n78)cc6)c6ccccc56)cc4)cc32)cc1. The molecule has 0 spiro atoms. The number of nitrogens with zero attached hydrogens (tertiary/aromatic N) is 3. The van der Waals surface area contributed by atoms with Crippen molar-refractivity contribution in [1.82, 2.24) is 14.0 Å². The maximum atomic E-state index is 5.25. The van der Waals surface area contributed by atoms with E-state index >= 15 is 0 Å². The van der Waals surface area contributed by atoms with Gasteiger partial charge in [0.05, 0.1) is 32.5 Å². The summed E-state index contributed by atoms with van der Waals surface area (Å²) in [6.07, 6.45) is 0. The van der Waals surface area contributed by atoms with E-state index in [0.29, 0.717) is 0 Å². The number of hydrogen-bond acceptors (Lipinski definition) is 2. The highest BCUT2D eigenvalue weighted by molar-refractivity contribution is 7.26. The second kappa shape index (κ2) is 14.1. The molecule has 4 heterocycles. The number of fused-ring (bicyclic) bond motifs is 12. The maximum Gasteiger partial charge on any atom is 0.156 e. The Morgan fingerprint density at radius 2 is 0.923 bits per heavy atom. The van der Waals surface area contributed by atoms with Crippen LogP contribution >= 0.6 is 11.3 Å². The molecule has 0 atom stereocenters. The van der Waals surface area contributed by atoms with E-state index in [1.807, 2.05) is 11.3 Å². The summed E-state index contributed by atoms with van der Waals surface area (Å²) in [5.74, 6) is 0. The molecule has 0 aliphatic carbocycles. The molecular weight excluding hydrogens is 807 g/mol. The van der Waals surface area contributed by atoms with Crippen molar-refractivity contribution in [3.05, 3.63) is 224 Å². The Morgan fingerprint density at radius 3 is 1.66 bits per heavy atom. The molecule has 302 valence electrons. The minimum atomic E-state index is 1.01. The summed E-state index contributed by atoms with van der Waals surface area (Å²) in [7, 11) is 0. The molecule has 3 nitrogen and oxygen atoms in total. The van der Waals surface area contributed by atoms with E-state index in [1.165, 1.54) is 103 Å². The summed E-state index contributed by atoms with van der Waals surface area (Å²) < 4.78 is 7.25. The first-order valence-electron chi connectivity index (χ1n) is 22.2. The lowest BCUT2D eigenvalue weighted by Crippen LogP contribution is -1.93. The number of rotatable bonds is 5. The molecule has 65 heavy (non-hydrogen) atoms. The van der Waals surface area contributed by atoms with Crippen LogP contribution in [-0.4, -0.2) is 14.0 Å². The third-order valence-corrected chi connectivity index (χ3v) is 14.7. The van der Waals surface area contributed by atoms with E-state index < -0.39 is 0 Å². The Hall–Kier alpha value is -8.31. The quantitative estimate of drug-likeness (QED) is 0.169. The number of pyridine rings is 1. The van der Waals surface area contributed by atoms with Crippen LogP contribution in [0.2, 0.25) is 0 Å². The summed E-state index contributed by atoms with van der Waals surface area (Å²) >= 11 is 1.84. The van der Waals surface area contributed by atoms with Crippen molar-refractivity contribution in [3.63, 3.8) is 0 Å². The van der Waals surface area contributed by atoms with Gasteiger partial charge in [-0.2, -0.15) is 0 Å². The van der Waals surface area contributed by atoms with Crippen LogP contribution in [0.1, 0.15) is 0 Å². The molecule has 0 fully saturated rings. The second-order valence-corrected chi connectivity index (χ2v) is 18.2. The van der Waals surface area contributed by atoms with E-state index in [2.05, 4.69) is 233 Å². The molecule has 14 rings (SSSR count). The summed E-state index contributed by atoms with van der Waals surface area (Å²) in [6, 6.07) is 82.2. The smallest absolute Gasteiger partial charge is 0.156 e. The largest absolute Gasteiger partial charge is 0.309 e. The number of imidazole rings is 1. The highest BCUT2D eigenvalue weighted by Crippen LogP contribution is 2.43. The lowest BCUT2D eigenvalue weighted by Gasteiger charge is -2.14. The standard InChI is InChI=1S/C61H37N3S/c1-2-14-45(15-3-1)63-55-20-10-8-18-50(55)51-31-30-44(35-58(51)63)38-22-24-39(25-23-38)46-32-33-47(49-17-7-6-16-48(46)49)40-26-28-41(29-27-40)57-37-53-52-34-42-12-4-5-13-43(42)36-59(52)65-60(53)61-62-54-19-9-11-21-56(54)64(57)61/h1-37H. The van der Waals surface area contributed by atoms with Crippen molar-refractivity contribution in [2.45, 2.75) is 0 Å². The molecule has 0 radical (unpaired) electrons. The molecule has 0 aliphatic rings. The molecule has 0 N–H and O–H groups in total. The fourth-order valence-corrected chi connectivity index (χ4v) is 11.6. The van der Waals surface area contributed by atoms with E-state index in [4.69, 9.17) is 4.98 Å². The Bertz CT molecular complexity index is 4210. The molecule has 4 aromatic heterocycles. The number of para-hydroxylation sites is 4. The molecular formula is C61H37N3S. The molecule has 14 aromatic rings. The Kier molecular flexibility index (Phi) is 7.85. The average molecular weight is 844 g/mol. The summed E-state index contributed by atoms with van der Waals surface area (Å²) in [4.78, 5) is 5.25. The summed E-state index contributed by atoms with van der Waals surface area (Å²) in [6.45, 7) is 0. The van der Waals surface area contributed by atoms with Gasteiger partial charge in [-0.3, -0.25) is 4.40 Å². The number of thiophene rings is 1. The van der Waals surface area contributed by atoms with E-state index in [1.54, 1.807) is 0 Å². The van der Waals surface area contributed by atoms with Gasteiger partial charge < -0.3 is 4.57 Å². The van der Waals surface area contributed by atoms with Gasteiger partial charge in [-0.05, 0) is 115 Å². The zero-order chi connectivity index (χ0) is 42.6. The van der Waals surface area contributed by atoms with Crippen LogP contribution in [0.4, 0.5) is 0 Å². The monoisotopic (exact) mass is 843 g/mol. The Balaban J connectivity index is 0.840. The summed E-state index contributed by atoms with van der Waals surface area (Å²) in [5.41, 5.74) is 16.3. The zero-order valence-electron chi connectivity index (χ0n) is 35.1. The molecule has 0 amide bonds. The van der Waals surface area contributed by atoms with Crippen molar-refractivity contribution < 1.29 is 0 Å². The molecule has 0 bridgehead atoms. The van der Waals surface area contributed by atoms with E-state index in [0.717, 1.165) is 27.9 Å². The average Bonchev–Trinajstić information content (AvgIpc) is 4.05. The van der Waals surface area contributed by atoms with Crippen molar-refractivity contribution in [1.29, 1.82) is 0 Å². The van der Waals surface area contributed by atoms with Gasteiger partial charge in [-0.15, -0.1) is 11.3 Å². The lowest BCUT2D eigenvalue weighted by atomic mass is 9.91. The van der Waals surface area contributed by atoms with Gasteiger partial charge in [-0.1, -0.05) is 170 Å². The molecule has 0 aliphatic heterocycles. The van der Waals surface area contributed by atoms with Crippen molar-refractivity contribution in [2.24, 2.45) is 0 Å². The lowest BCUT2D eigenvalue weighted by molar-refractivity contribution is 1.18. The topological polar surface area (TPSA) is 22.2 Å². The predicted octanol–water partition coefficient (Wildman–Crippen LogP) is 16.9. The molecule has 0 unspecified atom stereocenters. The third-order valence-electron chi connectivity index (χ3n) is 13.5. The van der Waals surface area contributed by atoms with Crippen molar-refractivity contribution in [3.8, 4) is 50.3 Å². The molecule has 0 saturated heterocycles. The highest BCUT2D eigenvalue weighted by atomic mass is 32.1. The van der Waals surface area contributed by atoms with Gasteiger partial charge in [-0.25, -0.2) is 4.98 Å². The van der Waals surface area contributed by atoms with Crippen LogP contribution in [0, 0.1) is 0 Å². The fraction of sp³-hybridized carbons (Fsp3) is 0. The van der Waals surface area contributed by atoms with Gasteiger partial charge in [0.25, 0.3) is 0 Å². The van der Waals surface area contributed by atoms with Crippen molar-refractivity contribution >= 4 is 91.5 Å². The van der Waals surface area contributed by atoms with Crippen molar-refractivity contribution in [2.75, 3.05) is 0 Å². The zero-order valence-corrected chi connectivity index (χ0v) is 35.9. The van der Waals surface area contributed by atoms with Crippen LogP contribution in [0.15, 0.2) is 224 Å².